The molecule has 0 aromatic heterocycles. The molecule has 1 amide bonds. The number of rotatable bonds is 38. The van der Waals surface area contributed by atoms with Gasteiger partial charge in [-0.1, -0.05) is 185 Å². The quantitative estimate of drug-likeness (QED) is 0.0268. The van der Waals surface area contributed by atoms with Crippen molar-refractivity contribution in [2.45, 2.75) is 243 Å². The third kappa shape index (κ3) is 27.9. The van der Waals surface area contributed by atoms with Crippen molar-refractivity contribution in [2.75, 3.05) is 13.2 Å². The normalized spacial score (nSPS) is 21.4. The van der Waals surface area contributed by atoms with E-state index in [2.05, 4.69) is 43.5 Å². The van der Waals surface area contributed by atoms with Gasteiger partial charge in [-0.25, -0.2) is 0 Å². The van der Waals surface area contributed by atoms with Crippen molar-refractivity contribution < 1.29 is 39.8 Å². The van der Waals surface area contributed by atoms with E-state index in [0.29, 0.717) is 6.42 Å². The van der Waals surface area contributed by atoms with Crippen LogP contribution in [0, 0.1) is 0 Å². The Morgan fingerprint density at radius 2 is 1.02 bits per heavy atom. The monoisotopic (exact) mass is 794 g/mol. The number of carbonyl (C=O) groups excluding carboxylic acids is 1. The Morgan fingerprint density at radius 3 is 1.50 bits per heavy atom. The van der Waals surface area contributed by atoms with Gasteiger partial charge in [-0.15, -0.1) is 0 Å². The standard InChI is InChI=1S/C47H87NO8/c1-3-5-7-9-11-13-15-16-17-18-19-20-21-22-23-24-25-26-27-28-30-32-34-36-41(50)40(39-55-47-46(54)45(53)44(52)42(38-49)56-47)48-43(51)37-35-33-31-29-14-12-10-8-6-4-2/h23-24,27-28,34,36,40-42,44-47,49-50,52-54H,3-22,25-26,29-33,35,37-39H2,1-2H3,(H,48,51)/b24-23+,28-27+,36-34+. The molecule has 0 saturated carbocycles. The maximum absolute atomic E-state index is 12.9. The third-order valence-electron chi connectivity index (χ3n) is 10.9. The number of allylic oxidation sites excluding steroid dienone is 5. The lowest BCUT2D eigenvalue weighted by Gasteiger charge is -2.40. The maximum Gasteiger partial charge on any atom is 0.220 e. The van der Waals surface area contributed by atoms with Gasteiger partial charge in [-0.05, 0) is 44.9 Å². The van der Waals surface area contributed by atoms with Gasteiger partial charge in [-0.3, -0.25) is 4.79 Å². The van der Waals surface area contributed by atoms with Crippen LogP contribution in [-0.2, 0) is 14.3 Å². The van der Waals surface area contributed by atoms with Crippen molar-refractivity contribution >= 4 is 5.91 Å². The first-order chi connectivity index (χ1) is 27.3. The van der Waals surface area contributed by atoms with E-state index in [0.717, 1.165) is 44.9 Å². The number of ether oxygens (including phenoxy) is 2. The van der Waals surface area contributed by atoms with E-state index in [1.807, 2.05) is 6.08 Å². The molecule has 0 spiro atoms. The number of aliphatic hydroxyl groups excluding tert-OH is 5. The van der Waals surface area contributed by atoms with Crippen molar-refractivity contribution in [3.8, 4) is 0 Å². The number of unbranched alkanes of at least 4 members (excludes halogenated alkanes) is 24. The van der Waals surface area contributed by atoms with Gasteiger partial charge in [0.2, 0.25) is 5.91 Å². The molecular weight excluding hydrogens is 707 g/mol. The van der Waals surface area contributed by atoms with Gasteiger partial charge in [0.25, 0.3) is 0 Å². The molecule has 1 saturated heterocycles. The van der Waals surface area contributed by atoms with E-state index >= 15 is 0 Å². The van der Waals surface area contributed by atoms with Crippen LogP contribution in [0.1, 0.15) is 200 Å². The minimum absolute atomic E-state index is 0.194. The van der Waals surface area contributed by atoms with Gasteiger partial charge in [-0.2, -0.15) is 0 Å². The van der Waals surface area contributed by atoms with Crippen LogP contribution in [0.2, 0.25) is 0 Å². The van der Waals surface area contributed by atoms with E-state index < -0.39 is 49.5 Å². The van der Waals surface area contributed by atoms with Crippen LogP contribution >= 0.6 is 0 Å². The number of nitrogens with one attached hydrogen (secondary N) is 1. The molecule has 1 heterocycles. The number of hydrogen-bond acceptors (Lipinski definition) is 8. The molecule has 328 valence electrons. The zero-order chi connectivity index (χ0) is 40.9. The zero-order valence-corrected chi connectivity index (χ0v) is 35.9. The molecule has 0 aliphatic carbocycles. The molecule has 1 aliphatic rings. The van der Waals surface area contributed by atoms with Gasteiger partial charge in [0.05, 0.1) is 25.4 Å². The SMILES string of the molecule is CCCCCCCCCCCCCCC/C=C/CC/C=C/CC/C=C/C(O)C(COC1OC(CO)C(O)C(O)C1O)NC(=O)CCCCCCCCCCCC. The van der Waals surface area contributed by atoms with Gasteiger partial charge in [0, 0.05) is 6.42 Å². The van der Waals surface area contributed by atoms with Crippen LogP contribution in [-0.4, -0.2) is 87.5 Å². The topological polar surface area (TPSA) is 149 Å². The highest BCUT2D eigenvalue weighted by Crippen LogP contribution is 2.22. The molecule has 1 aliphatic heterocycles. The van der Waals surface area contributed by atoms with Crippen LogP contribution in [0.5, 0.6) is 0 Å². The highest BCUT2D eigenvalue weighted by atomic mass is 16.7. The molecule has 0 bridgehead atoms. The second-order valence-electron chi connectivity index (χ2n) is 16.2. The van der Waals surface area contributed by atoms with Crippen molar-refractivity contribution in [1.82, 2.24) is 5.32 Å². The van der Waals surface area contributed by atoms with Gasteiger partial charge in [0.1, 0.15) is 24.4 Å². The number of carbonyl (C=O) groups is 1. The first-order valence-electron chi connectivity index (χ1n) is 23.2. The summed E-state index contributed by atoms with van der Waals surface area (Å²) in [5.74, 6) is -0.194. The summed E-state index contributed by atoms with van der Waals surface area (Å²) >= 11 is 0. The van der Waals surface area contributed by atoms with Crippen molar-refractivity contribution in [1.29, 1.82) is 0 Å². The second-order valence-corrected chi connectivity index (χ2v) is 16.2. The van der Waals surface area contributed by atoms with Gasteiger partial charge in [0.15, 0.2) is 6.29 Å². The van der Waals surface area contributed by atoms with E-state index in [1.165, 1.54) is 135 Å². The fourth-order valence-electron chi connectivity index (χ4n) is 7.19. The minimum Gasteiger partial charge on any atom is -0.394 e. The molecule has 1 fully saturated rings. The predicted molar refractivity (Wildman–Crippen MR) is 230 cm³/mol. The highest BCUT2D eigenvalue weighted by Gasteiger charge is 2.44. The third-order valence-corrected chi connectivity index (χ3v) is 10.9. The fourth-order valence-corrected chi connectivity index (χ4v) is 7.19. The van der Waals surface area contributed by atoms with E-state index in [1.54, 1.807) is 6.08 Å². The predicted octanol–water partition coefficient (Wildman–Crippen LogP) is 9.67. The largest absolute Gasteiger partial charge is 0.394 e. The first-order valence-corrected chi connectivity index (χ1v) is 23.2. The first kappa shape index (κ1) is 52.4. The highest BCUT2D eigenvalue weighted by molar-refractivity contribution is 5.76. The van der Waals surface area contributed by atoms with E-state index in [-0.39, 0.29) is 12.5 Å². The lowest BCUT2D eigenvalue weighted by atomic mass is 9.99. The molecule has 0 aromatic rings. The Hall–Kier alpha value is -1.59. The lowest BCUT2D eigenvalue weighted by Crippen LogP contribution is -2.60. The zero-order valence-electron chi connectivity index (χ0n) is 35.9. The Morgan fingerprint density at radius 1 is 0.589 bits per heavy atom. The summed E-state index contributed by atoms with van der Waals surface area (Å²) in [5.41, 5.74) is 0. The van der Waals surface area contributed by atoms with E-state index in [4.69, 9.17) is 9.47 Å². The molecule has 7 atom stereocenters. The summed E-state index contributed by atoms with van der Waals surface area (Å²) in [6.45, 7) is 3.73. The summed E-state index contributed by atoms with van der Waals surface area (Å²) in [5, 5.41) is 54.1. The number of amides is 1. The van der Waals surface area contributed by atoms with Gasteiger partial charge >= 0.3 is 0 Å². The summed E-state index contributed by atoms with van der Waals surface area (Å²) in [7, 11) is 0. The summed E-state index contributed by atoms with van der Waals surface area (Å²) in [6, 6.07) is -0.823. The summed E-state index contributed by atoms with van der Waals surface area (Å²) in [6.07, 6.45) is 39.2. The summed E-state index contributed by atoms with van der Waals surface area (Å²) < 4.78 is 11.2. The summed E-state index contributed by atoms with van der Waals surface area (Å²) in [4.78, 5) is 12.9. The Balaban J connectivity index is 2.34. The van der Waals surface area contributed by atoms with Crippen molar-refractivity contribution in [3.05, 3.63) is 36.5 Å². The van der Waals surface area contributed by atoms with Crippen molar-refractivity contribution in [3.63, 3.8) is 0 Å². The van der Waals surface area contributed by atoms with Crippen LogP contribution in [0.4, 0.5) is 0 Å². The molecular formula is C47H87NO8. The van der Waals surface area contributed by atoms with Crippen LogP contribution in [0.25, 0.3) is 0 Å². The number of hydrogen-bond donors (Lipinski definition) is 6. The van der Waals surface area contributed by atoms with E-state index in [9.17, 15) is 30.3 Å². The Labute approximate surface area is 342 Å². The molecule has 1 rings (SSSR count). The van der Waals surface area contributed by atoms with Crippen LogP contribution in [0.3, 0.4) is 0 Å². The van der Waals surface area contributed by atoms with Crippen LogP contribution in [0.15, 0.2) is 36.5 Å². The average Bonchev–Trinajstić information content (AvgIpc) is 3.20. The maximum atomic E-state index is 12.9. The Kier molecular flexibility index (Phi) is 35.3. The molecule has 9 heteroatoms. The fraction of sp³-hybridized carbons (Fsp3) is 0.851. The smallest absolute Gasteiger partial charge is 0.220 e. The molecule has 7 unspecified atom stereocenters. The second kappa shape index (κ2) is 37.7. The lowest BCUT2D eigenvalue weighted by molar-refractivity contribution is -0.302. The molecule has 6 N–H and O–H groups in total. The molecule has 56 heavy (non-hydrogen) atoms. The minimum atomic E-state index is -1.57. The average molecular weight is 794 g/mol. The molecule has 9 nitrogen and oxygen atoms in total. The van der Waals surface area contributed by atoms with Crippen LogP contribution < -0.4 is 5.32 Å². The molecule has 0 aromatic carbocycles. The molecule has 0 radical (unpaired) electrons. The van der Waals surface area contributed by atoms with Gasteiger partial charge < -0.3 is 40.3 Å². The van der Waals surface area contributed by atoms with Crippen molar-refractivity contribution in [2.24, 2.45) is 0 Å². The number of aliphatic hydroxyl groups is 5. The Bertz CT molecular complexity index is 972.